The molecular weight excluding hydrogens is 214 g/mol. The Morgan fingerprint density at radius 3 is 2.76 bits per heavy atom. The van der Waals surface area contributed by atoms with Gasteiger partial charge in [-0.2, -0.15) is 10.4 Å². The van der Waals surface area contributed by atoms with E-state index in [9.17, 15) is 4.79 Å². The Morgan fingerprint density at radius 2 is 2.18 bits per heavy atom. The second-order valence-corrected chi connectivity index (χ2v) is 3.87. The second kappa shape index (κ2) is 4.22. The van der Waals surface area contributed by atoms with Gasteiger partial charge < -0.3 is 0 Å². The van der Waals surface area contributed by atoms with E-state index in [1.165, 1.54) is 0 Å². The fourth-order valence-corrected chi connectivity index (χ4v) is 1.83. The summed E-state index contributed by atoms with van der Waals surface area (Å²) in [6.45, 7) is 1.91. The molecule has 0 radical (unpaired) electrons. The zero-order valence-corrected chi connectivity index (χ0v) is 9.64. The SMILES string of the molecule is Cc1cc(C=O)ccc1-c1cn(C)nc1C#N. The number of aromatic nitrogens is 2. The van der Waals surface area contributed by atoms with E-state index in [1.807, 2.05) is 19.2 Å². The van der Waals surface area contributed by atoms with Crippen molar-refractivity contribution in [2.24, 2.45) is 7.05 Å². The van der Waals surface area contributed by atoms with Gasteiger partial charge in [-0.15, -0.1) is 0 Å². The van der Waals surface area contributed by atoms with E-state index in [1.54, 1.807) is 23.9 Å². The number of aldehydes is 1. The molecule has 0 saturated carbocycles. The summed E-state index contributed by atoms with van der Waals surface area (Å²) in [5, 5.41) is 13.1. The zero-order chi connectivity index (χ0) is 12.4. The minimum atomic E-state index is 0.398. The Bertz CT molecular complexity index is 620. The first-order valence-electron chi connectivity index (χ1n) is 5.15. The van der Waals surface area contributed by atoms with Crippen LogP contribution in [0.25, 0.3) is 11.1 Å². The van der Waals surface area contributed by atoms with Crippen molar-refractivity contribution in [2.75, 3.05) is 0 Å². The van der Waals surface area contributed by atoms with Crippen LogP contribution >= 0.6 is 0 Å². The lowest BCUT2D eigenvalue weighted by molar-refractivity contribution is 0.112. The highest BCUT2D eigenvalue weighted by atomic mass is 16.1. The van der Waals surface area contributed by atoms with E-state index in [0.29, 0.717) is 11.3 Å². The molecule has 0 bridgehead atoms. The van der Waals surface area contributed by atoms with Crippen molar-refractivity contribution in [3.8, 4) is 17.2 Å². The minimum absolute atomic E-state index is 0.398. The topological polar surface area (TPSA) is 58.7 Å². The van der Waals surface area contributed by atoms with E-state index in [-0.39, 0.29) is 0 Å². The van der Waals surface area contributed by atoms with Gasteiger partial charge in [-0.25, -0.2) is 0 Å². The molecule has 1 aromatic carbocycles. The summed E-state index contributed by atoms with van der Waals surface area (Å²) in [5.74, 6) is 0. The number of hydrogen-bond donors (Lipinski definition) is 0. The van der Waals surface area contributed by atoms with E-state index in [0.717, 1.165) is 23.0 Å². The number of carbonyl (C=O) groups excluding carboxylic acids is 1. The fraction of sp³-hybridized carbons (Fsp3) is 0.154. The van der Waals surface area contributed by atoms with Crippen molar-refractivity contribution in [3.05, 3.63) is 41.2 Å². The summed E-state index contributed by atoms with van der Waals surface area (Å²) in [7, 11) is 1.78. The van der Waals surface area contributed by atoms with Crippen LogP contribution in [-0.2, 0) is 7.05 Å². The number of nitrogens with zero attached hydrogens (tertiary/aromatic N) is 3. The lowest BCUT2D eigenvalue weighted by Gasteiger charge is -2.04. The molecule has 0 aliphatic carbocycles. The molecule has 0 aliphatic heterocycles. The lowest BCUT2D eigenvalue weighted by atomic mass is 9.99. The normalized spacial score (nSPS) is 9.94. The summed E-state index contributed by atoms with van der Waals surface area (Å²) in [6, 6.07) is 7.46. The Kier molecular flexibility index (Phi) is 2.75. The van der Waals surface area contributed by atoms with Gasteiger partial charge in [0.05, 0.1) is 0 Å². The second-order valence-electron chi connectivity index (χ2n) is 3.87. The monoisotopic (exact) mass is 225 g/mol. The molecule has 2 rings (SSSR count). The molecule has 0 saturated heterocycles. The average molecular weight is 225 g/mol. The largest absolute Gasteiger partial charge is 0.298 e. The number of carbonyl (C=O) groups is 1. The van der Waals surface area contributed by atoms with Crippen molar-refractivity contribution < 1.29 is 4.79 Å². The van der Waals surface area contributed by atoms with Crippen LogP contribution in [0.15, 0.2) is 24.4 Å². The highest BCUT2D eigenvalue weighted by Gasteiger charge is 2.11. The van der Waals surface area contributed by atoms with Crippen LogP contribution in [-0.4, -0.2) is 16.1 Å². The summed E-state index contributed by atoms with van der Waals surface area (Å²) < 4.78 is 1.61. The van der Waals surface area contributed by atoms with Crippen molar-refractivity contribution >= 4 is 6.29 Å². The Hall–Kier alpha value is -2.41. The van der Waals surface area contributed by atoms with E-state index >= 15 is 0 Å². The molecule has 84 valence electrons. The number of rotatable bonds is 2. The van der Waals surface area contributed by atoms with Crippen LogP contribution in [0.2, 0.25) is 0 Å². The third-order valence-corrected chi connectivity index (χ3v) is 2.61. The van der Waals surface area contributed by atoms with E-state index in [2.05, 4.69) is 11.2 Å². The molecule has 4 nitrogen and oxygen atoms in total. The number of hydrogen-bond acceptors (Lipinski definition) is 3. The van der Waals surface area contributed by atoms with Crippen molar-refractivity contribution in [2.45, 2.75) is 6.92 Å². The molecule has 0 spiro atoms. The molecule has 0 atom stereocenters. The molecule has 0 amide bonds. The predicted octanol–water partition coefficient (Wildman–Crippen LogP) is 2.08. The minimum Gasteiger partial charge on any atom is -0.298 e. The first-order valence-corrected chi connectivity index (χ1v) is 5.15. The molecule has 0 N–H and O–H groups in total. The van der Waals surface area contributed by atoms with Gasteiger partial charge in [-0.1, -0.05) is 12.1 Å². The van der Waals surface area contributed by atoms with Crippen molar-refractivity contribution in [1.29, 1.82) is 5.26 Å². The maximum atomic E-state index is 10.7. The van der Waals surface area contributed by atoms with Crippen LogP contribution in [0.1, 0.15) is 21.6 Å². The fourth-order valence-electron chi connectivity index (χ4n) is 1.83. The first kappa shape index (κ1) is 11.1. The lowest BCUT2D eigenvalue weighted by Crippen LogP contribution is -1.88. The van der Waals surface area contributed by atoms with E-state index < -0.39 is 0 Å². The Balaban J connectivity index is 2.61. The molecule has 1 heterocycles. The number of benzene rings is 1. The van der Waals surface area contributed by atoms with Crippen LogP contribution in [0.4, 0.5) is 0 Å². The quantitative estimate of drug-likeness (QED) is 0.735. The van der Waals surface area contributed by atoms with Crippen molar-refractivity contribution in [3.63, 3.8) is 0 Å². The van der Waals surface area contributed by atoms with Gasteiger partial charge in [0, 0.05) is 24.4 Å². The Morgan fingerprint density at radius 1 is 1.41 bits per heavy atom. The third-order valence-electron chi connectivity index (χ3n) is 2.61. The van der Waals surface area contributed by atoms with Gasteiger partial charge in [0.2, 0.25) is 0 Å². The van der Waals surface area contributed by atoms with Crippen LogP contribution in [0, 0.1) is 18.3 Å². The molecule has 4 heteroatoms. The van der Waals surface area contributed by atoms with Gasteiger partial charge in [0.15, 0.2) is 5.69 Å². The molecule has 2 aromatic rings. The smallest absolute Gasteiger partial charge is 0.170 e. The first-order chi connectivity index (χ1) is 8.15. The van der Waals surface area contributed by atoms with E-state index in [4.69, 9.17) is 5.26 Å². The van der Waals surface area contributed by atoms with Gasteiger partial charge in [0.25, 0.3) is 0 Å². The maximum Gasteiger partial charge on any atom is 0.170 e. The standard InChI is InChI=1S/C13H11N3O/c1-9-5-10(8-17)3-4-11(9)12-7-16(2)15-13(12)6-14/h3-5,7-8H,1-2H3. The average Bonchev–Trinajstić information content (AvgIpc) is 2.70. The maximum absolute atomic E-state index is 10.7. The molecule has 1 aromatic heterocycles. The molecular formula is C13H11N3O. The number of nitriles is 1. The van der Waals surface area contributed by atoms with Crippen molar-refractivity contribution in [1.82, 2.24) is 9.78 Å². The van der Waals surface area contributed by atoms with Crippen LogP contribution in [0.5, 0.6) is 0 Å². The van der Waals surface area contributed by atoms with Gasteiger partial charge in [0.1, 0.15) is 12.4 Å². The molecule has 0 fully saturated rings. The molecule has 0 unspecified atom stereocenters. The van der Waals surface area contributed by atoms with Gasteiger partial charge >= 0.3 is 0 Å². The Labute approximate surface area is 99.1 Å². The summed E-state index contributed by atoms with van der Waals surface area (Å²) >= 11 is 0. The van der Waals surface area contributed by atoms with Crippen LogP contribution in [0.3, 0.4) is 0 Å². The molecule has 0 aliphatic rings. The summed E-state index contributed by atoms with van der Waals surface area (Å²) in [4.78, 5) is 10.7. The third kappa shape index (κ3) is 1.95. The highest BCUT2D eigenvalue weighted by Crippen LogP contribution is 2.26. The highest BCUT2D eigenvalue weighted by molar-refractivity contribution is 5.79. The molecule has 17 heavy (non-hydrogen) atoms. The summed E-state index contributed by atoms with van der Waals surface area (Å²) in [6.07, 6.45) is 2.62. The summed E-state index contributed by atoms with van der Waals surface area (Å²) in [5.41, 5.74) is 3.72. The van der Waals surface area contributed by atoms with Crippen LogP contribution < -0.4 is 0 Å². The number of aryl methyl sites for hydroxylation is 2. The predicted molar refractivity (Wildman–Crippen MR) is 63.5 cm³/mol. The zero-order valence-electron chi connectivity index (χ0n) is 9.64. The van der Waals surface area contributed by atoms with Gasteiger partial charge in [-0.3, -0.25) is 9.48 Å². The van der Waals surface area contributed by atoms with Gasteiger partial charge in [-0.05, 0) is 24.1 Å².